The fourth-order valence-electron chi connectivity index (χ4n) is 2.26. The highest BCUT2D eigenvalue weighted by Gasteiger charge is 2.29. The molecule has 0 radical (unpaired) electrons. The van der Waals surface area contributed by atoms with Crippen molar-refractivity contribution >= 4 is 23.5 Å². The van der Waals surface area contributed by atoms with E-state index in [2.05, 4.69) is 0 Å². The first-order chi connectivity index (χ1) is 9.90. The lowest BCUT2D eigenvalue weighted by atomic mass is 9.99. The largest absolute Gasteiger partial charge is 0.426 e. The van der Waals surface area contributed by atoms with Gasteiger partial charge in [0.1, 0.15) is 11.5 Å². The lowest BCUT2D eigenvalue weighted by Gasteiger charge is -2.13. The van der Waals surface area contributed by atoms with Gasteiger partial charge in [-0.15, -0.1) is 0 Å². The molecule has 1 aromatic carbocycles. The number of hydrogen-bond donors (Lipinski definition) is 0. The highest BCUT2D eigenvalue weighted by atomic mass is 16.5. The van der Waals surface area contributed by atoms with Crippen molar-refractivity contribution in [1.29, 1.82) is 0 Å². The summed E-state index contributed by atoms with van der Waals surface area (Å²) in [6.07, 6.45) is 0.762. The van der Waals surface area contributed by atoms with Gasteiger partial charge in [-0.2, -0.15) is 0 Å². The molecule has 0 N–H and O–H groups in total. The Morgan fingerprint density at radius 3 is 1.57 bits per heavy atom. The van der Waals surface area contributed by atoms with Gasteiger partial charge in [0.05, 0.1) is 11.1 Å². The van der Waals surface area contributed by atoms with Crippen LogP contribution in [0.3, 0.4) is 0 Å². The summed E-state index contributed by atoms with van der Waals surface area (Å²) in [6.45, 7) is 2.41. The highest BCUT2D eigenvalue weighted by Crippen LogP contribution is 2.35. The molecule has 0 aliphatic heterocycles. The fraction of sp³-hybridized carbons (Fsp3) is 0.333. The number of ketones is 2. The van der Waals surface area contributed by atoms with Crippen molar-refractivity contribution in [3.8, 4) is 11.5 Å². The normalized spacial score (nSPS) is 14.2. The van der Waals surface area contributed by atoms with Crippen molar-refractivity contribution in [3.63, 3.8) is 0 Å². The number of fused-ring (bicyclic) bond motifs is 1. The van der Waals surface area contributed by atoms with Crippen LogP contribution < -0.4 is 9.47 Å². The molecule has 0 atom stereocenters. The van der Waals surface area contributed by atoms with Crippen LogP contribution in [0.15, 0.2) is 12.1 Å². The number of carbonyl (C=O) groups is 4. The third kappa shape index (κ3) is 3.16. The molecule has 0 saturated heterocycles. The van der Waals surface area contributed by atoms with Gasteiger partial charge >= 0.3 is 11.9 Å². The van der Waals surface area contributed by atoms with Crippen LogP contribution in [0.1, 0.15) is 53.8 Å². The average Bonchev–Trinajstić information content (AvgIpc) is 2.52. The van der Waals surface area contributed by atoms with Crippen LogP contribution in [0, 0.1) is 0 Å². The van der Waals surface area contributed by atoms with Gasteiger partial charge in [-0.3, -0.25) is 19.2 Å². The molecule has 1 aromatic rings. The van der Waals surface area contributed by atoms with Gasteiger partial charge in [-0.1, -0.05) is 0 Å². The standard InChI is InChI=1S/C15H14O6/c1-8(16)20-12-6-7-13(21-9(2)17)15-11(19)5-3-4-10(18)14(12)15/h6-7H,3-5H2,1-2H3. The van der Waals surface area contributed by atoms with Crippen LogP contribution in [0.5, 0.6) is 11.5 Å². The smallest absolute Gasteiger partial charge is 0.308 e. The number of esters is 2. The predicted octanol–water partition coefficient (Wildman–Crippen LogP) is 2.09. The molecule has 0 spiro atoms. The first-order valence-electron chi connectivity index (χ1n) is 6.50. The van der Waals surface area contributed by atoms with Crippen molar-refractivity contribution in [3.05, 3.63) is 23.3 Å². The first kappa shape index (κ1) is 14.9. The second-order valence-electron chi connectivity index (χ2n) is 4.70. The second-order valence-corrected chi connectivity index (χ2v) is 4.70. The van der Waals surface area contributed by atoms with Gasteiger partial charge in [0.2, 0.25) is 0 Å². The van der Waals surface area contributed by atoms with Crippen molar-refractivity contribution < 1.29 is 28.7 Å². The van der Waals surface area contributed by atoms with E-state index in [1.807, 2.05) is 0 Å². The molecule has 0 heterocycles. The quantitative estimate of drug-likeness (QED) is 0.471. The van der Waals surface area contributed by atoms with E-state index in [1.165, 1.54) is 26.0 Å². The summed E-state index contributed by atoms with van der Waals surface area (Å²) < 4.78 is 9.99. The molecule has 0 unspecified atom stereocenters. The van der Waals surface area contributed by atoms with E-state index in [4.69, 9.17) is 9.47 Å². The maximum Gasteiger partial charge on any atom is 0.308 e. The molecular weight excluding hydrogens is 276 g/mol. The van der Waals surface area contributed by atoms with E-state index in [9.17, 15) is 19.2 Å². The Morgan fingerprint density at radius 2 is 1.24 bits per heavy atom. The van der Waals surface area contributed by atoms with E-state index in [1.54, 1.807) is 0 Å². The van der Waals surface area contributed by atoms with Crippen LogP contribution in [0.25, 0.3) is 0 Å². The van der Waals surface area contributed by atoms with Gasteiger partial charge in [0.25, 0.3) is 0 Å². The van der Waals surface area contributed by atoms with Gasteiger partial charge in [0, 0.05) is 26.7 Å². The topological polar surface area (TPSA) is 86.7 Å². The Morgan fingerprint density at radius 1 is 0.857 bits per heavy atom. The maximum absolute atomic E-state index is 12.2. The van der Waals surface area contributed by atoms with Gasteiger partial charge in [0.15, 0.2) is 11.6 Å². The zero-order valence-electron chi connectivity index (χ0n) is 11.7. The zero-order chi connectivity index (χ0) is 15.6. The fourth-order valence-corrected chi connectivity index (χ4v) is 2.26. The van der Waals surface area contributed by atoms with E-state index in [-0.39, 0.29) is 47.0 Å². The van der Waals surface area contributed by atoms with Gasteiger partial charge in [-0.05, 0) is 18.6 Å². The van der Waals surface area contributed by atoms with E-state index < -0.39 is 11.9 Å². The number of Topliss-reactive ketones (excluding diaryl/α,β-unsaturated/α-hetero) is 2. The van der Waals surface area contributed by atoms with E-state index >= 15 is 0 Å². The van der Waals surface area contributed by atoms with E-state index in [0.29, 0.717) is 6.42 Å². The van der Waals surface area contributed by atoms with Gasteiger partial charge < -0.3 is 9.47 Å². The van der Waals surface area contributed by atoms with Crippen LogP contribution >= 0.6 is 0 Å². The van der Waals surface area contributed by atoms with Crippen molar-refractivity contribution in [2.75, 3.05) is 0 Å². The summed E-state index contributed by atoms with van der Waals surface area (Å²) >= 11 is 0. The summed E-state index contributed by atoms with van der Waals surface area (Å²) in [5.41, 5.74) is 0.0397. The Balaban J connectivity index is 2.66. The lowest BCUT2D eigenvalue weighted by molar-refractivity contribution is -0.133. The first-order valence-corrected chi connectivity index (χ1v) is 6.50. The Bertz CT molecular complexity index is 589. The zero-order valence-corrected chi connectivity index (χ0v) is 11.7. The SMILES string of the molecule is CC(=O)Oc1ccc(OC(C)=O)c2c1C(=O)CCCC2=O. The number of hydrogen-bond acceptors (Lipinski definition) is 6. The molecule has 0 fully saturated rings. The molecule has 1 aliphatic rings. The van der Waals surface area contributed by atoms with Gasteiger partial charge in [-0.25, -0.2) is 0 Å². The molecule has 110 valence electrons. The highest BCUT2D eigenvalue weighted by molar-refractivity contribution is 6.14. The summed E-state index contributed by atoms with van der Waals surface area (Å²) in [5.74, 6) is -1.76. The molecule has 0 bridgehead atoms. The minimum absolute atomic E-state index is 0.0199. The molecule has 1 aliphatic carbocycles. The van der Waals surface area contributed by atoms with Crippen LogP contribution in [0.4, 0.5) is 0 Å². The molecule has 0 amide bonds. The summed E-state index contributed by atoms with van der Waals surface area (Å²) in [5, 5.41) is 0. The predicted molar refractivity (Wildman–Crippen MR) is 71.6 cm³/mol. The van der Waals surface area contributed by atoms with Crippen LogP contribution in [-0.4, -0.2) is 23.5 Å². The number of carbonyl (C=O) groups excluding carboxylic acids is 4. The third-order valence-electron chi connectivity index (χ3n) is 3.00. The lowest BCUT2D eigenvalue weighted by Crippen LogP contribution is -2.14. The molecule has 0 saturated carbocycles. The average molecular weight is 290 g/mol. The molecule has 2 rings (SSSR count). The minimum atomic E-state index is -0.595. The Kier molecular flexibility index (Phi) is 4.16. The third-order valence-corrected chi connectivity index (χ3v) is 3.00. The summed E-state index contributed by atoms with van der Waals surface area (Å²) in [6, 6.07) is 2.71. The second kappa shape index (κ2) is 5.87. The summed E-state index contributed by atoms with van der Waals surface area (Å²) in [4.78, 5) is 46.7. The molecule has 6 nitrogen and oxygen atoms in total. The number of ether oxygens (including phenoxy) is 2. The van der Waals surface area contributed by atoms with Crippen molar-refractivity contribution in [2.45, 2.75) is 33.1 Å². The van der Waals surface area contributed by atoms with Crippen molar-refractivity contribution in [1.82, 2.24) is 0 Å². The number of benzene rings is 1. The number of rotatable bonds is 2. The molecule has 0 aromatic heterocycles. The minimum Gasteiger partial charge on any atom is -0.426 e. The van der Waals surface area contributed by atoms with E-state index in [0.717, 1.165) is 0 Å². The molecule has 6 heteroatoms. The van der Waals surface area contributed by atoms with Crippen LogP contribution in [0.2, 0.25) is 0 Å². The Labute approximate surface area is 121 Å². The van der Waals surface area contributed by atoms with Crippen LogP contribution in [-0.2, 0) is 9.59 Å². The monoisotopic (exact) mass is 290 g/mol. The summed E-state index contributed by atoms with van der Waals surface area (Å²) in [7, 11) is 0. The molecular formula is C15H14O6. The van der Waals surface area contributed by atoms with Crippen molar-refractivity contribution in [2.24, 2.45) is 0 Å². The Hall–Kier alpha value is -2.50. The maximum atomic E-state index is 12.2. The molecule has 21 heavy (non-hydrogen) atoms.